The number of hydrogen-bond acceptors (Lipinski definition) is 6. The molecule has 3 rings (SSSR count). The fraction of sp³-hybridized carbons (Fsp3) is 0.542. The van der Waals surface area contributed by atoms with Crippen LogP contribution in [-0.2, 0) is 14.4 Å². The van der Waals surface area contributed by atoms with Gasteiger partial charge in [-0.15, -0.1) is 0 Å². The van der Waals surface area contributed by atoms with Gasteiger partial charge in [-0.3, -0.25) is 14.4 Å². The lowest BCUT2D eigenvalue weighted by atomic mass is 10.1. The van der Waals surface area contributed by atoms with Gasteiger partial charge in [0.15, 0.2) is 0 Å². The first-order valence-corrected chi connectivity index (χ1v) is 11.9. The highest BCUT2D eigenvalue weighted by atomic mass is 19.4. The third-order valence-electron chi connectivity index (χ3n) is 5.88. The Morgan fingerprint density at radius 1 is 1.08 bits per heavy atom. The number of likely N-dealkylation sites (tertiary alicyclic amines) is 1. The molecule has 37 heavy (non-hydrogen) atoms. The second-order valence-electron chi connectivity index (χ2n) is 8.50. The fourth-order valence-electron chi connectivity index (χ4n) is 3.88. The van der Waals surface area contributed by atoms with Crippen molar-refractivity contribution in [2.45, 2.75) is 31.9 Å². The Balaban J connectivity index is 0.000000604. The van der Waals surface area contributed by atoms with Gasteiger partial charge in [0.25, 0.3) is 5.91 Å². The predicted octanol–water partition coefficient (Wildman–Crippen LogP) is 1.47. The summed E-state index contributed by atoms with van der Waals surface area (Å²) in [5.41, 5.74) is 1.00. The molecule has 0 spiro atoms. The first-order valence-electron chi connectivity index (χ1n) is 11.9. The van der Waals surface area contributed by atoms with Crippen molar-refractivity contribution in [3.05, 3.63) is 35.4 Å². The maximum absolute atomic E-state index is 13.1. The molecule has 10 nitrogen and oxygen atoms in total. The molecule has 0 bridgehead atoms. The summed E-state index contributed by atoms with van der Waals surface area (Å²) in [5, 5.41) is 19.3. The number of hydrogen-bond donors (Lipinski definition) is 2. The molecule has 2 saturated heterocycles. The molecule has 13 heteroatoms. The number of halogens is 3. The molecule has 0 radical (unpaired) electrons. The van der Waals surface area contributed by atoms with Gasteiger partial charge >= 0.3 is 12.1 Å². The van der Waals surface area contributed by atoms with E-state index in [1.165, 1.54) is 0 Å². The number of carbonyl (C=O) groups excluding carboxylic acids is 3. The summed E-state index contributed by atoms with van der Waals surface area (Å²) in [6.45, 7) is 5.21. The van der Waals surface area contributed by atoms with E-state index in [0.717, 1.165) is 26.1 Å². The number of carboxylic acids is 1. The third-order valence-corrected chi connectivity index (χ3v) is 5.88. The lowest BCUT2D eigenvalue weighted by molar-refractivity contribution is -0.192. The maximum Gasteiger partial charge on any atom is 0.490 e. The largest absolute Gasteiger partial charge is 0.490 e. The van der Waals surface area contributed by atoms with E-state index in [2.05, 4.69) is 11.4 Å². The Kier molecular flexibility index (Phi) is 11.3. The molecular formula is C24H30F3N5O5. The summed E-state index contributed by atoms with van der Waals surface area (Å²) in [5.74, 6) is -2.68. The van der Waals surface area contributed by atoms with Crippen molar-refractivity contribution >= 4 is 23.7 Å². The van der Waals surface area contributed by atoms with Crippen LogP contribution in [-0.4, -0.2) is 102 Å². The molecule has 1 aromatic carbocycles. The van der Waals surface area contributed by atoms with Gasteiger partial charge in [0.1, 0.15) is 0 Å². The van der Waals surface area contributed by atoms with Gasteiger partial charge in [0, 0.05) is 70.8 Å². The lowest BCUT2D eigenvalue weighted by Crippen LogP contribution is -2.47. The number of rotatable bonds is 8. The monoisotopic (exact) mass is 525 g/mol. The van der Waals surface area contributed by atoms with Gasteiger partial charge < -0.3 is 25.1 Å². The first kappa shape index (κ1) is 29.6. The van der Waals surface area contributed by atoms with Crippen molar-refractivity contribution in [1.82, 2.24) is 20.0 Å². The van der Waals surface area contributed by atoms with Gasteiger partial charge in [-0.2, -0.15) is 18.4 Å². The Hall–Kier alpha value is -3.66. The van der Waals surface area contributed by atoms with Crippen LogP contribution >= 0.6 is 0 Å². The zero-order valence-electron chi connectivity index (χ0n) is 20.3. The minimum Gasteiger partial charge on any atom is -0.475 e. The van der Waals surface area contributed by atoms with Crippen molar-refractivity contribution in [3.8, 4) is 6.07 Å². The highest BCUT2D eigenvalue weighted by molar-refractivity contribution is 5.94. The van der Waals surface area contributed by atoms with Gasteiger partial charge in [0.2, 0.25) is 11.8 Å². The quantitative estimate of drug-likeness (QED) is 0.525. The summed E-state index contributed by atoms with van der Waals surface area (Å²) >= 11 is 0. The van der Waals surface area contributed by atoms with E-state index in [-0.39, 0.29) is 24.1 Å². The van der Waals surface area contributed by atoms with Crippen LogP contribution in [0, 0.1) is 11.3 Å². The minimum absolute atomic E-state index is 0.0591. The highest BCUT2D eigenvalue weighted by Gasteiger charge is 2.38. The van der Waals surface area contributed by atoms with Gasteiger partial charge in [-0.25, -0.2) is 4.79 Å². The van der Waals surface area contributed by atoms with Crippen molar-refractivity contribution in [2.24, 2.45) is 0 Å². The predicted molar refractivity (Wildman–Crippen MR) is 125 cm³/mol. The van der Waals surface area contributed by atoms with Crippen LogP contribution in [0.1, 0.15) is 41.6 Å². The van der Waals surface area contributed by atoms with Gasteiger partial charge in [-0.05, 0) is 37.1 Å². The van der Waals surface area contributed by atoms with E-state index in [1.54, 1.807) is 29.2 Å². The summed E-state index contributed by atoms with van der Waals surface area (Å²) in [6, 6.07) is 8.60. The van der Waals surface area contributed by atoms with Crippen molar-refractivity contribution in [3.63, 3.8) is 0 Å². The summed E-state index contributed by atoms with van der Waals surface area (Å²) in [6.07, 6.45) is -2.63. The SMILES string of the molecule is N#Cc1ccc(C(=O)N(CCCN2CCCC2=O)CCC(=O)N2CCNCC2)cc1.O=C(O)C(F)(F)F. The smallest absolute Gasteiger partial charge is 0.475 e. The number of piperazine rings is 1. The van der Waals surface area contributed by atoms with Crippen LogP contribution in [0.25, 0.3) is 0 Å². The van der Waals surface area contributed by atoms with Crippen molar-refractivity contribution in [1.29, 1.82) is 5.26 Å². The molecule has 0 atom stereocenters. The van der Waals surface area contributed by atoms with Crippen LogP contribution in [0.5, 0.6) is 0 Å². The van der Waals surface area contributed by atoms with Gasteiger partial charge in [-0.1, -0.05) is 0 Å². The number of benzene rings is 1. The molecule has 2 aliphatic rings. The molecule has 3 amide bonds. The van der Waals surface area contributed by atoms with E-state index in [4.69, 9.17) is 15.2 Å². The number of amides is 3. The van der Waals surface area contributed by atoms with Crippen LogP contribution in [0.15, 0.2) is 24.3 Å². The van der Waals surface area contributed by atoms with E-state index in [1.807, 2.05) is 9.80 Å². The Morgan fingerprint density at radius 3 is 2.22 bits per heavy atom. The number of aliphatic carboxylic acids is 1. The molecule has 1 aromatic rings. The topological polar surface area (TPSA) is 134 Å². The number of carboxylic acid groups (broad SMARTS) is 1. The van der Waals surface area contributed by atoms with Crippen LogP contribution in [0.2, 0.25) is 0 Å². The molecule has 0 aromatic heterocycles. The van der Waals surface area contributed by atoms with Crippen LogP contribution in [0.3, 0.4) is 0 Å². The normalized spacial score (nSPS) is 15.5. The zero-order chi connectivity index (χ0) is 27.4. The molecule has 2 fully saturated rings. The van der Waals surface area contributed by atoms with E-state index < -0.39 is 12.1 Å². The first-order chi connectivity index (χ1) is 17.5. The number of carbonyl (C=O) groups is 4. The molecule has 2 N–H and O–H groups in total. The van der Waals surface area contributed by atoms with Crippen molar-refractivity contribution in [2.75, 3.05) is 52.4 Å². The molecular weight excluding hydrogens is 495 g/mol. The molecule has 0 saturated carbocycles. The van der Waals surface area contributed by atoms with E-state index in [9.17, 15) is 27.6 Å². The lowest BCUT2D eigenvalue weighted by Gasteiger charge is -2.29. The summed E-state index contributed by atoms with van der Waals surface area (Å²) in [7, 11) is 0. The second kappa shape index (κ2) is 14.2. The Labute approximate surface area is 212 Å². The molecule has 202 valence electrons. The van der Waals surface area contributed by atoms with Crippen molar-refractivity contribution < 1.29 is 37.5 Å². The summed E-state index contributed by atoms with van der Waals surface area (Å²) in [4.78, 5) is 51.7. The third kappa shape index (κ3) is 9.72. The molecule has 0 aliphatic carbocycles. The van der Waals surface area contributed by atoms with Crippen LogP contribution in [0.4, 0.5) is 13.2 Å². The Morgan fingerprint density at radius 2 is 1.70 bits per heavy atom. The summed E-state index contributed by atoms with van der Waals surface area (Å²) < 4.78 is 31.7. The molecule has 0 unspecified atom stereocenters. The average molecular weight is 526 g/mol. The standard InChI is InChI=1S/C22H29N5O3.C2HF3O2/c23-17-18-4-6-19(7-5-18)22(30)27(13-2-12-25-11-1-3-20(25)28)14-8-21(29)26-15-9-24-10-16-26;3-2(4,5)1(6)7/h4-7,24H,1-3,8-16H2;(H,6,7). The van der Waals surface area contributed by atoms with Gasteiger partial charge in [0.05, 0.1) is 11.6 Å². The highest BCUT2D eigenvalue weighted by Crippen LogP contribution is 2.14. The van der Waals surface area contributed by atoms with E-state index in [0.29, 0.717) is 56.7 Å². The number of nitrogens with zero attached hydrogens (tertiary/aromatic N) is 4. The molecule has 2 heterocycles. The minimum atomic E-state index is -5.08. The zero-order valence-corrected chi connectivity index (χ0v) is 20.3. The average Bonchev–Trinajstić information content (AvgIpc) is 3.30. The fourth-order valence-corrected chi connectivity index (χ4v) is 3.88. The van der Waals surface area contributed by atoms with Crippen LogP contribution < -0.4 is 5.32 Å². The number of nitriles is 1. The molecule has 2 aliphatic heterocycles. The van der Waals surface area contributed by atoms with E-state index >= 15 is 0 Å². The number of alkyl halides is 3. The number of nitrogens with one attached hydrogen (secondary N) is 1. The second-order valence-corrected chi connectivity index (χ2v) is 8.50. The maximum atomic E-state index is 13.1. The Bertz CT molecular complexity index is 988.